The van der Waals surface area contributed by atoms with Crippen LogP contribution in [0.3, 0.4) is 0 Å². The van der Waals surface area contributed by atoms with Crippen LogP contribution in [0.1, 0.15) is 69.2 Å². The molecule has 166 valence electrons. The largest absolute Gasteiger partial charge is 0.393 e. The molecule has 4 aliphatic carbocycles. The molecule has 2 N–H and O–H groups in total. The first-order valence-electron chi connectivity index (χ1n) is 11.5. The van der Waals surface area contributed by atoms with Gasteiger partial charge < -0.3 is 5.11 Å². The number of hydrogen-bond donors (Lipinski definition) is 2. The molecule has 3 heterocycles. The Hall–Kier alpha value is -1.54. The first-order valence-corrected chi connectivity index (χ1v) is 12.4. The first kappa shape index (κ1) is 20.1. The van der Waals surface area contributed by atoms with Gasteiger partial charge in [-0.05, 0) is 56.0 Å². The normalized spacial score (nSPS) is 48.9. The van der Waals surface area contributed by atoms with Crippen LogP contribution in [0.15, 0.2) is 34.1 Å². The van der Waals surface area contributed by atoms with E-state index in [1.807, 2.05) is 16.8 Å². The van der Waals surface area contributed by atoms with Crippen LogP contribution in [-0.2, 0) is 9.78 Å². The lowest BCUT2D eigenvalue weighted by Gasteiger charge is -2.69. The third kappa shape index (κ3) is 2.49. The van der Waals surface area contributed by atoms with E-state index in [0.29, 0.717) is 17.9 Å². The van der Waals surface area contributed by atoms with Crippen LogP contribution >= 0.6 is 11.3 Å². The third-order valence-electron chi connectivity index (χ3n) is 9.43. The van der Waals surface area contributed by atoms with Gasteiger partial charge in [-0.1, -0.05) is 19.9 Å². The van der Waals surface area contributed by atoms with Crippen LogP contribution in [0.4, 0.5) is 0 Å². The second-order valence-electron chi connectivity index (χ2n) is 10.7. The summed E-state index contributed by atoms with van der Waals surface area (Å²) in [4.78, 5) is 24.9. The van der Waals surface area contributed by atoms with Crippen molar-refractivity contribution in [3.05, 3.63) is 34.5 Å². The predicted molar refractivity (Wildman–Crippen MR) is 118 cm³/mol. The van der Waals surface area contributed by atoms with Crippen molar-refractivity contribution >= 4 is 23.0 Å². The van der Waals surface area contributed by atoms with E-state index < -0.39 is 11.2 Å². The zero-order valence-electron chi connectivity index (χ0n) is 18.1. The van der Waals surface area contributed by atoms with Gasteiger partial charge in [0.15, 0.2) is 0 Å². The van der Waals surface area contributed by atoms with E-state index in [9.17, 15) is 9.90 Å². The average molecular weight is 443 g/mol. The highest BCUT2D eigenvalue weighted by molar-refractivity contribution is 7.08. The summed E-state index contributed by atoms with van der Waals surface area (Å²) in [6.45, 7) is 4.63. The van der Waals surface area contributed by atoms with Gasteiger partial charge in [0.2, 0.25) is 0 Å². The van der Waals surface area contributed by atoms with Crippen LogP contribution in [-0.4, -0.2) is 34.0 Å². The van der Waals surface area contributed by atoms with Gasteiger partial charge in [-0.15, -0.1) is 0 Å². The fourth-order valence-corrected chi connectivity index (χ4v) is 8.29. The Kier molecular flexibility index (Phi) is 4.21. The monoisotopic (exact) mass is 442 g/mol. The third-order valence-corrected chi connectivity index (χ3v) is 10.1. The Labute approximate surface area is 186 Å². The van der Waals surface area contributed by atoms with Crippen molar-refractivity contribution in [3.63, 3.8) is 0 Å². The number of thiophene rings is 1. The Morgan fingerprint density at radius 3 is 2.81 bits per heavy atom. The SMILES string of the molecule is C[C@]12CC[C@H]3[C@]4(C=C[C@]5(C[C@@H](O)CC[C@]35C)OO4)[C@@H]1CC/C2=N\NC(=O)c1ccsc1. The predicted octanol–water partition coefficient (Wildman–Crippen LogP) is 4.22. The van der Waals surface area contributed by atoms with E-state index in [0.717, 1.165) is 44.2 Å². The van der Waals surface area contributed by atoms with Crippen molar-refractivity contribution in [2.24, 2.45) is 27.8 Å². The lowest BCUT2D eigenvalue weighted by Crippen LogP contribution is -2.73. The smallest absolute Gasteiger partial charge is 0.272 e. The molecule has 2 bridgehead atoms. The zero-order chi connectivity index (χ0) is 21.5. The fourth-order valence-electron chi connectivity index (χ4n) is 7.65. The van der Waals surface area contributed by atoms with E-state index in [1.54, 1.807) is 0 Å². The number of aliphatic hydroxyl groups is 1. The fraction of sp³-hybridized carbons (Fsp3) is 0.667. The van der Waals surface area contributed by atoms with Gasteiger partial charge in [-0.2, -0.15) is 16.4 Å². The summed E-state index contributed by atoms with van der Waals surface area (Å²) in [6, 6.07) is 1.82. The summed E-state index contributed by atoms with van der Waals surface area (Å²) in [5, 5.41) is 18.7. The molecule has 1 saturated heterocycles. The van der Waals surface area contributed by atoms with Gasteiger partial charge in [0.05, 0.1) is 11.7 Å². The van der Waals surface area contributed by atoms with Crippen LogP contribution < -0.4 is 5.43 Å². The van der Waals surface area contributed by atoms with Crippen molar-refractivity contribution in [1.29, 1.82) is 0 Å². The Bertz CT molecular complexity index is 976. The van der Waals surface area contributed by atoms with Crippen LogP contribution in [0, 0.1) is 22.7 Å². The number of carbonyl (C=O) groups excluding carboxylic acids is 1. The number of nitrogens with one attached hydrogen (secondary N) is 1. The molecule has 1 aromatic heterocycles. The molecule has 0 aromatic carbocycles. The minimum absolute atomic E-state index is 0.0341. The number of aliphatic hydroxyl groups excluding tert-OH is 1. The Balaban J connectivity index is 1.33. The zero-order valence-corrected chi connectivity index (χ0v) is 18.9. The minimum Gasteiger partial charge on any atom is -0.393 e. The lowest BCUT2D eigenvalue weighted by molar-refractivity contribution is -0.496. The molecule has 7 rings (SSSR count). The molecule has 7 heteroatoms. The molecule has 4 fully saturated rings. The summed E-state index contributed by atoms with van der Waals surface area (Å²) in [6.07, 6.45) is 10.4. The number of nitrogens with zero attached hydrogens (tertiary/aromatic N) is 1. The molecule has 6 aliphatic rings. The summed E-state index contributed by atoms with van der Waals surface area (Å²) < 4.78 is 0. The second-order valence-corrected chi connectivity index (χ2v) is 11.4. The summed E-state index contributed by atoms with van der Waals surface area (Å²) in [5.74, 6) is 0.471. The number of rotatable bonds is 2. The van der Waals surface area contributed by atoms with Gasteiger partial charge in [0, 0.05) is 40.2 Å². The number of fused-ring (bicyclic) bond motifs is 2. The van der Waals surface area contributed by atoms with Crippen molar-refractivity contribution in [2.75, 3.05) is 0 Å². The van der Waals surface area contributed by atoms with Gasteiger partial charge in [0.1, 0.15) is 11.2 Å². The lowest BCUT2D eigenvalue weighted by atomic mass is 9.43. The highest BCUT2D eigenvalue weighted by Crippen LogP contribution is 2.70. The summed E-state index contributed by atoms with van der Waals surface area (Å²) in [7, 11) is 0. The van der Waals surface area contributed by atoms with Crippen LogP contribution in [0.25, 0.3) is 0 Å². The van der Waals surface area contributed by atoms with Gasteiger partial charge in [0.25, 0.3) is 5.91 Å². The maximum Gasteiger partial charge on any atom is 0.272 e. The van der Waals surface area contributed by atoms with Crippen molar-refractivity contribution in [2.45, 2.75) is 76.1 Å². The standard InChI is InChI=1S/C24H30N2O4S/c1-21-8-6-18-22(2)9-5-16(27)13-23(22)10-11-24(18,30-29-23)17(21)3-4-19(21)25-26-20(28)15-7-12-31-14-15/h7,10-12,14,16-18,27H,3-6,8-9,13H2,1-2H3,(H,26,28)/b25-19+/t16-,17+,18+,21-,22+,23+,24-/m0/s1. The maximum atomic E-state index is 12.4. The van der Waals surface area contributed by atoms with Gasteiger partial charge in [-0.25, -0.2) is 15.2 Å². The highest BCUT2D eigenvalue weighted by Gasteiger charge is 2.74. The number of hydrogen-bond acceptors (Lipinski definition) is 6. The molecular weight excluding hydrogens is 412 g/mol. The molecule has 0 unspecified atom stereocenters. The van der Waals surface area contributed by atoms with Crippen molar-refractivity contribution < 1.29 is 19.7 Å². The van der Waals surface area contributed by atoms with Crippen molar-refractivity contribution in [1.82, 2.24) is 5.43 Å². The molecule has 7 atom stereocenters. The Morgan fingerprint density at radius 2 is 2.06 bits per heavy atom. The highest BCUT2D eigenvalue weighted by atomic mass is 32.1. The topological polar surface area (TPSA) is 80.2 Å². The minimum atomic E-state index is -0.519. The number of carbonyl (C=O) groups is 1. The molecule has 2 spiro atoms. The summed E-state index contributed by atoms with van der Waals surface area (Å²) >= 11 is 1.51. The molecule has 2 aliphatic heterocycles. The van der Waals surface area contributed by atoms with E-state index in [4.69, 9.17) is 9.78 Å². The molecule has 1 aromatic rings. The molecule has 31 heavy (non-hydrogen) atoms. The van der Waals surface area contributed by atoms with Crippen LogP contribution in [0.5, 0.6) is 0 Å². The quantitative estimate of drug-likeness (QED) is 0.408. The number of hydrazone groups is 1. The van der Waals surface area contributed by atoms with E-state index in [1.165, 1.54) is 11.3 Å². The maximum absolute atomic E-state index is 12.4. The van der Waals surface area contributed by atoms with Crippen LogP contribution in [0.2, 0.25) is 0 Å². The second kappa shape index (κ2) is 6.50. The molecule has 1 amide bonds. The molecular formula is C24H30N2O4S. The number of amides is 1. The first-order chi connectivity index (χ1) is 14.8. The van der Waals surface area contributed by atoms with E-state index >= 15 is 0 Å². The molecule has 6 nitrogen and oxygen atoms in total. The average Bonchev–Trinajstić information content (AvgIpc) is 3.40. The van der Waals surface area contributed by atoms with Gasteiger partial charge in [-0.3, -0.25) is 4.79 Å². The Morgan fingerprint density at radius 1 is 1.19 bits per heavy atom. The van der Waals surface area contributed by atoms with Gasteiger partial charge >= 0.3 is 0 Å². The van der Waals surface area contributed by atoms with E-state index in [2.05, 4.69) is 36.5 Å². The summed E-state index contributed by atoms with van der Waals surface area (Å²) in [5.41, 5.74) is 3.37. The molecule has 0 radical (unpaired) electrons. The van der Waals surface area contributed by atoms with Crippen molar-refractivity contribution in [3.8, 4) is 0 Å². The van der Waals surface area contributed by atoms with E-state index in [-0.39, 0.29) is 28.8 Å². The molecule has 3 saturated carbocycles.